The van der Waals surface area contributed by atoms with Crippen LogP contribution in [0.2, 0.25) is 0 Å². The Labute approximate surface area is 126 Å². The van der Waals surface area contributed by atoms with Crippen LogP contribution in [0.15, 0.2) is 47.1 Å². The fourth-order valence-electron chi connectivity index (χ4n) is 2.18. The van der Waals surface area contributed by atoms with E-state index >= 15 is 0 Å². The summed E-state index contributed by atoms with van der Waals surface area (Å²) >= 11 is 3.49. The second-order valence-electron chi connectivity index (χ2n) is 5.93. The molecule has 0 spiro atoms. The van der Waals surface area contributed by atoms with Crippen LogP contribution in [0.3, 0.4) is 0 Å². The Kier molecular flexibility index (Phi) is 3.13. The first-order chi connectivity index (χ1) is 9.45. The fourth-order valence-corrected chi connectivity index (χ4v) is 2.52. The molecule has 3 rings (SSSR count). The van der Waals surface area contributed by atoms with Crippen LogP contribution in [0.25, 0.3) is 17.0 Å². The van der Waals surface area contributed by atoms with Crippen molar-refractivity contribution in [2.24, 2.45) is 0 Å². The molecular weight excluding hydrogens is 314 g/mol. The minimum atomic E-state index is 0.161. The molecule has 0 atom stereocenters. The minimum absolute atomic E-state index is 0.161. The van der Waals surface area contributed by atoms with Gasteiger partial charge in [0.15, 0.2) is 11.5 Å². The summed E-state index contributed by atoms with van der Waals surface area (Å²) in [5.41, 5.74) is 3.40. The van der Waals surface area contributed by atoms with Gasteiger partial charge in [0.05, 0.1) is 0 Å². The van der Waals surface area contributed by atoms with E-state index in [1.54, 1.807) is 0 Å². The Morgan fingerprint density at radius 3 is 2.30 bits per heavy atom. The lowest BCUT2D eigenvalue weighted by molar-refractivity contribution is 0.590. The number of rotatable bonds is 1. The van der Waals surface area contributed by atoms with Crippen molar-refractivity contribution < 1.29 is 0 Å². The molecule has 0 amide bonds. The van der Waals surface area contributed by atoms with Crippen molar-refractivity contribution in [2.45, 2.75) is 26.2 Å². The highest BCUT2D eigenvalue weighted by atomic mass is 79.9. The first kappa shape index (κ1) is 13.3. The Morgan fingerprint density at radius 1 is 0.950 bits per heavy atom. The summed E-state index contributed by atoms with van der Waals surface area (Å²) in [7, 11) is 0. The number of fused-ring (bicyclic) bond motifs is 1. The molecule has 0 unspecified atom stereocenters. The highest BCUT2D eigenvalue weighted by Gasteiger charge is 2.14. The lowest BCUT2D eigenvalue weighted by atomic mass is 9.87. The third-order valence-electron chi connectivity index (χ3n) is 3.38. The van der Waals surface area contributed by atoms with Gasteiger partial charge in [-0.3, -0.25) is 4.40 Å². The van der Waals surface area contributed by atoms with Crippen molar-refractivity contribution in [1.29, 1.82) is 0 Å². The number of halogens is 1. The largest absolute Gasteiger partial charge is 0.281 e. The van der Waals surface area contributed by atoms with Gasteiger partial charge in [0.25, 0.3) is 0 Å². The zero-order chi connectivity index (χ0) is 14.3. The van der Waals surface area contributed by atoms with Gasteiger partial charge in [0.1, 0.15) is 0 Å². The van der Waals surface area contributed by atoms with E-state index in [-0.39, 0.29) is 5.41 Å². The summed E-state index contributed by atoms with van der Waals surface area (Å²) < 4.78 is 3.01. The number of pyridine rings is 1. The van der Waals surface area contributed by atoms with Crippen LogP contribution >= 0.6 is 15.9 Å². The molecule has 4 heteroatoms. The lowest BCUT2D eigenvalue weighted by Gasteiger charge is -2.18. The van der Waals surface area contributed by atoms with Crippen LogP contribution in [0.4, 0.5) is 0 Å². The fraction of sp³-hybridized carbons (Fsp3) is 0.250. The van der Waals surface area contributed by atoms with E-state index < -0.39 is 0 Å². The van der Waals surface area contributed by atoms with Crippen LogP contribution in [-0.4, -0.2) is 14.6 Å². The minimum Gasteiger partial charge on any atom is -0.281 e. The Morgan fingerprint density at radius 2 is 1.65 bits per heavy atom. The first-order valence-electron chi connectivity index (χ1n) is 6.56. The molecule has 0 fully saturated rings. The molecule has 0 N–H and O–H groups in total. The maximum Gasteiger partial charge on any atom is 0.168 e. The molecule has 3 nitrogen and oxygen atoms in total. The van der Waals surface area contributed by atoms with Crippen molar-refractivity contribution in [3.05, 3.63) is 52.6 Å². The van der Waals surface area contributed by atoms with E-state index in [4.69, 9.17) is 0 Å². The molecule has 1 aromatic carbocycles. The van der Waals surface area contributed by atoms with E-state index in [1.807, 2.05) is 22.7 Å². The molecule has 0 aliphatic rings. The van der Waals surface area contributed by atoms with Gasteiger partial charge in [-0.25, -0.2) is 0 Å². The van der Waals surface area contributed by atoms with Gasteiger partial charge in [-0.2, -0.15) is 0 Å². The van der Waals surface area contributed by atoms with Crippen molar-refractivity contribution in [3.8, 4) is 11.4 Å². The van der Waals surface area contributed by atoms with Crippen LogP contribution in [0.5, 0.6) is 0 Å². The Balaban J connectivity index is 2.09. The molecule has 0 radical (unpaired) electrons. The quantitative estimate of drug-likeness (QED) is 0.660. The van der Waals surface area contributed by atoms with Crippen LogP contribution < -0.4 is 0 Å². The van der Waals surface area contributed by atoms with Crippen molar-refractivity contribution in [2.75, 3.05) is 0 Å². The Hall–Kier alpha value is -1.68. The van der Waals surface area contributed by atoms with Crippen molar-refractivity contribution >= 4 is 21.6 Å². The normalized spacial score (nSPS) is 12.0. The van der Waals surface area contributed by atoms with E-state index in [1.165, 1.54) is 5.56 Å². The zero-order valence-corrected chi connectivity index (χ0v) is 13.3. The van der Waals surface area contributed by atoms with Crippen LogP contribution in [0.1, 0.15) is 26.3 Å². The second-order valence-corrected chi connectivity index (χ2v) is 6.84. The van der Waals surface area contributed by atoms with Gasteiger partial charge in [-0.1, -0.05) is 45.0 Å². The topological polar surface area (TPSA) is 30.2 Å². The predicted molar refractivity (Wildman–Crippen MR) is 84.8 cm³/mol. The predicted octanol–water partition coefficient (Wildman–Crippen LogP) is 4.46. The third-order valence-corrected chi connectivity index (χ3v) is 3.84. The molecule has 0 saturated heterocycles. The van der Waals surface area contributed by atoms with Gasteiger partial charge in [0, 0.05) is 16.2 Å². The molecule has 102 valence electrons. The highest BCUT2D eigenvalue weighted by Crippen LogP contribution is 2.26. The molecule has 3 aromatic rings. The lowest BCUT2D eigenvalue weighted by Crippen LogP contribution is -2.10. The average Bonchev–Trinajstić information content (AvgIpc) is 2.81. The smallest absolute Gasteiger partial charge is 0.168 e. The van der Waals surface area contributed by atoms with Gasteiger partial charge in [-0.15, -0.1) is 10.2 Å². The summed E-state index contributed by atoms with van der Waals surface area (Å²) in [6.45, 7) is 6.64. The molecule has 0 aliphatic carbocycles. The molecular formula is C16H16BrN3. The van der Waals surface area contributed by atoms with Crippen molar-refractivity contribution in [1.82, 2.24) is 14.6 Å². The number of hydrogen-bond donors (Lipinski definition) is 0. The van der Waals surface area contributed by atoms with Gasteiger partial charge >= 0.3 is 0 Å². The molecule has 20 heavy (non-hydrogen) atoms. The standard InChI is InChI=1S/C16H16BrN3/c1-16(2,3)12-6-4-11(5-7-12)15-19-18-14-9-8-13(17)10-20(14)15/h4-10H,1-3H3. The van der Waals surface area contributed by atoms with E-state index in [0.29, 0.717) is 0 Å². The summed E-state index contributed by atoms with van der Waals surface area (Å²) in [4.78, 5) is 0. The van der Waals surface area contributed by atoms with E-state index in [9.17, 15) is 0 Å². The van der Waals surface area contributed by atoms with Gasteiger partial charge < -0.3 is 0 Å². The zero-order valence-electron chi connectivity index (χ0n) is 11.8. The van der Waals surface area contributed by atoms with E-state index in [2.05, 4.69) is 71.2 Å². The third kappa shape index (κ3) is 2.36. The van der Waals surface area contributed by atoms with Crippen molar-refractivity contribution in [3.63, 3.8) is 0 Å². The molecule has 2 aromatic heterocycles. The number of nitrogens with zero attached hydrogens (tertiary/aromatic N) is 3. The van der Waals surface area contributed by atoms with Crippen LogP contribution in [-0.2, 0) is 5.41 Å². The summed E-state index contributed by atoms with van der Waals surface area (Å²) in [5, 5.41) is 8.49. The molecule has 0 saturated carbocycles. The molecule has 0 aliphatic heterocycles. The summed E-state index contributed by atoms with van der Waals surface area (Å²) in [5.74, 6) is 0.863. The summed E-state index contributed by atoms with van der Waals surface area (Å²) in [6.07, 6.45) is 1.99. The SMILES string of the molecule is CC(C)(C)c1ccc(-c2nnc3ccc(Br)cn23)cc1. The number of aromatic nitrogens is 3. The Bertz CT molecular complexity index is 751. The highest BCUT2D eigenvalue weighted by molar-refractivity contribution is 9.10. The maximum absolute atomic E-state index is 4.29. The first-order valence-corrected chi connectivity index (χ1v) is 7.36. The van der Waals surface area contributed by atoms with Crippen LogP contribution in [0, 0.1) is 0 Å². The summed E-state index contributed by atoms with van der Waals surface area (Å²) in [6, 6.07) is 12.5. The number of hydrogen-bond acceptors (Lipinski definition) is 2. The molecule has 2 heterocycles. The number of benzene rings is 1. The van der Waals surface area contributed by atoms with Gasteiger partial charge in [-0.05, 0) is 39.0 Å². The second kappa shape index (κ2) is 4.70. The van der Waals surface area contributed by atoms with E-state index in [0.717, 1.165) is 21.5 Å². The average molecular weight is 330 g/mol. The van der Waals surface area contributed by atoms with Gasteiger partial charge in [0.2, 0.25) is 0 Å². The maximum atomic E-state index is 4.29. The monoisotopic (exact) mass is 329 g/mol. The molecule has 0 bridgehead atoms.